The second-order valence-corrected chi connectivity index (χ2v) is 9.36. The molecule has 1 heterocycles. The normalized spacial score (nSPS) is 12.6. The molecule has 3 N–H and O–H groups in total. The van der Waals surface area contributed by atoms with Crippen LogP contribution in [0.25, 0.3) is 21.9 Å². The molecule has 0 spiro atoms. The molecule has 38 heavy (non-hydrogen) atoms. The monoisotopic (exact) mass is 523 g/mol. The number of amidine groups is 2. The van der Waals surface area contributed by atoms with E-state index in [0.717, 1.165) is 40.2 Å². The Morgan fingerprint density at radius 2 is 1.55 bits per heavy atom. The SMILES string of the molecule is CC(=N)N1C(=N)CN=C(c2ccc(Cl)cc2)c2cc(-c3ccc4ccccc4c3)ccc21.CCNC(C)=O. The third kappa shape index (κ3) is 5.98. The number of hydrogen-bond donors (Lipinski definition) is 3. The van der Waals surface area contributed by atoms with Gasteiger partial charge in [0, 0.05) is 29.6 Å². The zero-order chi connectivity index (χ0) is 27.2. The van der Waals surface area contributed by atoms with E-state index >= 15 is 0 Å². The first kappa shape index (κ1) is 26.8. The summed E-state index contributed by atoms with van der Waals surface area (Å²) >= 11 is 6.11. The van der Waals surface area contributed by atoms with Crippen molar-refractivity contribution in [2.24, 2.45) is 4.99 Å². The molecule has 4 aromatic carbocycles. The highest BCUT2D eigenvalue weighted by Crippen LogP contribution is 2.33. The van der Waals surface area contributed by atoms with Crippen LogP contribution in [0.5, 0.6) is 0 Å². The first-order valence-electron chi connectivity index (χ1n) is 12.4. The van der Waals surface area contributed by atoms with Gasteiger partial charge >= 0.3 is 0 Å². The zero-order valence-electron chi connectivity index (χ0n) is 21.7. The summed E-state index contributed by atoms with van der Waals surface area (Å²) < 4.78 is 0. The van der Waals surface area contributed by atoms with Crippen molar-refractivity contribution in [2.45, 2.75) is 20.8 Å². The van der Waals surface area contributed by atoms with Crippen molar-refractivity contribution in [2.75, 3.05) is 18.0 Å². The van der Waals surface area contributed by atoms with E-state index in [1.165, 1.54) is 17.7 Å². The molecule has 7 heteroatoms. The fourth-order valence-corrected chi connectivity index (χ4v) is 4.54. The van der Waals surface area contributed by atoms with Crippen LogP contribution in [0.2, 0.25) is 5.02 Å². The van der Waals surface area contributed by atoms with Crippen LogP contribution in [0, 0.1) is 10.8 Å². The molecule has 4 aromatic rings. The quantitative estimate of drug-likeness (QED) is 0.200. The van der Waals surface area contributed by atoms with E-state index in [1.807, 2.05) is 49.4 Å². The van der Waals surface area contributed by atoms with Crippen LogP contribution in [-0.4, -0.2) is 36.4 Å². The topological polar surface area (TPSA) is 92.4 Å². The number of amides is 1. The maximum Gasteiger partial charge on any atom is 0.216 e. The van der Waals surface area contributed by atoms with E-state index in [-0.39, 0.29) is 18.3 Å². The number of fused-ring (bicyclic) bond motifs is 2. The average Bonchev–Trinajstić information content (AvgIpc) is 3.04. The van der Waals surface area contributed by atoms with Gasteiger partial charge in [-0.15, -0.1) is 0 Å². The Morgan fingerprint density at radius 3 is 2.18 bits per heavy atom. The predicted octanol–water partition coefficient (Wildman–Crippen LogP) is 6.93. The third-order valence-electron chi connectivity index (χ3n) is 6.11. The molecule has 0 bridgehead atoms. The van der Waals surface area contributed by atoms with E-state index in [9.17, 15) is 4.79 Å². The van der Waals surface area contributed by atoms with Crippen LogP contribution >= 0.6 is 11.6 Å². The van der Waals surface area contributed by atoms with E-state index in [4.69, 9.17) is 27.4 Å². The molecule has 0 aromatic heterocycles. The lowest BCUT2D eigenvalue weighted by atomic mass is 9.94. The zero-order valence-corrected chi connectivity index (χ0v) is 22.4. The average molecular weight is 524 g/mol. The number of hydrogen-bond acceptors (Lipinski definition) is 4. The lowest BCUT2D eigenvalue weighted by molar-refractivity contribution is -0.118. The van der Waals surface area contributed by atoms with E-state index in [2.05, 4.69) is 47.8 Å². The summed E-state index contributed by atoms with van der Waals surface area (Å²) in [6.45, 7) is 6.03. The van der Waals surface area contributed by atoms with Crippen molar-refractivity contribution in [1.82, 2.24) is 5.32 Å². The first-order chi connectivity index (χ1) is 18.3. The summed E-state index contributed by atoms with van der Waals surface area (Å²) in [5.41, 5.74) is 5.59. The highest BCUT2D eigenvalue weighted by Gasteiger charge is 2.25. The fraction of sp³-hybridized carbons (Fsp3) is 0.161. The lowest BCUT2D eigenvalue weighted by Crippen LogP contribution is -2.35. The van der Waals surface area contributed by atoms with Gasteiger partial charge in [0.1, 0.15) is 11.7 Å². The summed E-state index contributed by atoms with van der Waals surface area (Å²) in [5.74, 6) is 0.612. The van der Waals surface area contributed by atoms with Crippen LogP contribution in [0.1, 0.15) is 31.9 Å². The van der Waals surface area contributed by atoms with Crippen molar-refractivity contribution in [3.63, 3.8) is 0 Å². The van der Waals surface area contributed by atoms with Gasteiger partial charge in [-0.3, -0.25) is 25.5 Å². The second kappa shape index (κ2) is 11.8. The standard InChI is InChI=1S/C27H21ClN4.C4H9NO/c1-17(29)32-25-13-10-22(21-7-6-18-4-2-3-5-20(18)14-21)15-24(25)27(31-16-26(32)30)19-8-11-23(28)12-9-19;1-3-5-4(2)6/h2-15,29-30H,16H2,1H3;3H2,1-2H3,(H,5,6). The molecule has 5 rings (SSSR count). The molecule has 0 atom stereocenters. The molecule has 0 saturated carbocycles. The van der Waals surface area contributed by atoms with Crippen LogP contribution in [-0.2, 0) is 4.79 Å². The van der Waals surface area contributed by atoms with Gasteiger partial charge in [-0.25, -0.2) is 0 Å². The van der Waals surface area contributed by atoms with Gasteiger partial charge in [0.2, 0.25) is 5.91 Å². The Labute approximate surface area is 228 Å². The number of nitrogens with one attached hydrogen (secondary N) is 3. The van der Waals surface area contributed by atoms with Crippen molar-refractivity contribution < 1.29 is 4.79 Å². The third-order valence-corrected chi connectivity index (χ3v) is 6.36. The summed E-state index contributed by atoms with van der Waals surface area (Å²) in [4.78, 5) is 16.4. The second-order valence-electron chi connectivity index (χ2n) is 8.92. The Balaban J connectivity index is 0.000000505. The van der Waals surface area contributed by atoms with Gasteiger partial charge in [0.05, 0.1) is 17.9 Å². The van der Waals surface area contributed by atoms with E-state index in [0.29, 0.717) is 10.9 Å². The number of benzodiazepines with no additional fused rings is 1. The summed E-state index contributed by atoms with van der Waals surface area (Å²) in [5, 5.41) is 22.4. The molecule has 0 fully saturated rings. The highest BCUT2D eigenvalue weighted by atomic mass is 35.5. The molecule has 6 nitrogen and oxygen atoms in total. The van der Waals surface area contributed by atoms with Crippen LogP contribution in [0.3, 0.4) is 0 Å². The maximum atomic E-state index is 9.93. The number of anilines is 1. The Bertz CT molecular complexity index is 1540. The number of carbonyl (C=O) groups is 1. The van der Waals surface area contributed by atoms with Crippen LogP contribution in [0.15, 0.2) is 89.9 Å². The lowest BCUT2D eigenvalue weighted by Gasteiger charge is -2.24. The number of carbonyl (C=O) groups excluding carboxylic acids is 1. The van der Waals surface area contributed by atoms with Crippen LogP contribution < -0.4 is 10.2 Å². The smallest absolute Gasteiger partial charge is 0.216 e. The van der Waals surface area contributed by atoms with Crippen molar-refractivity contribution in [1.29, 1.82) is 10.8 Å². The molecular weight excluding hydrogens is 494 g/mol. The largest absolute Gasteiger partial charge is 0.357 e. The number of nitrogens with zero attached hydrogens (tertiary/aromatic N) is 2. The molecule has 0 saturated heterocycles. The van der Waals surface area contributed by atoms with Gasteiger partial charge in [-0.2, -0.15) is 0 Å². The molecule has 1 aliphatic heterocycles. The molecule has 0 unspecified atom stereocenters. The molecule has 1 aliphatic rings. The van der Waals surface area contributed by atoms with Gasteiger partial charge in [0.15, 0.2) is 0 Å². The molecule has 0 radical (unpaired) electrons. The highest BCUT2D eigenvalue weighted by molar-refractivity contribution is 6.31. The summed E-state index contributed by atoms with van der Waals surface area (Å²) in [6.07, 6.45) is 0. The first-order valence-corrected chi connectivity index (χ1v) is 12.8. The Morgan fingerprint density at radius 1 is 0.921 bits per heavy atom. The Kier molecular flexibility index (Phi) is 8.34. The van der Waals surface area contributed by atoms with Gasteiger partial charge in [-0.05, 0) is 66.1 Å². The Hall–Kier alpha value is -4.29. The maximum absolute atomic E-state index is 9.93. The molecule has 192 valence electrons. The van der Waals surface area contributed by atoms with Gasteiger partial charge < -0.3 is 5.32 Å². The summed E-state index contributed by atoms with van der Waals surface area (Å²) in [6, 6.07) is 28.5. The fourth-order valence-electron chi connectivity index (χ4n) is 4.41. The van der Waals surface area contributed by atoms with Crippen molar-refractivity contribution in [3.05, 3.63) is 101 Å². The number of benzene rings is 4. The molecular formula is C31H30ClN5O. The van der Waals surface area contributed by atoms with Crippen molar-refractivity contribution in [3.8, 4) is 11.1 Å². The van der Waals surface area contributed by atoms with Crippen molar-refractivity contribution >= 4 is 51.4 Å². The van der Waals surface area contributed by atoms with E-state index < -0.39 is 0 Å². The molecule has 1 amide bonds. The van der Waals surface area contributed by atoms with E-state index in [1.54, 1.807) is 11.8 Å². The minimum atomic E-state index is 0.0394. The summed E-state index contributed by atoms with van der Waals surface area (Å²) in [7, 11) is 0. The van der Waals surface area contributed by atoms with Gasteiger partial charge in [-0.1, -0.05) is 66.2 Å². The number of aliphatic imine (C=N–C) groups is 1. The van der Waals surface area contributed by atoms with Gasteiger partial charge in [0.25, 0.3) is 0 Å². The predicted molar refractivity (Wildman–Crippen MR) is 159 cm³/mol. The molecule has 0 aliphatic carbocycles. The number of halogens is 1. The number of rotatable bonds is 3. The van der Waals surface area contributed by atoms with Crippen LogP contribution in [0.4, 0.5) is 5.69 Å². The minimum absolute atomic E-state index is 0.0394. The minimum Gasteiger partial charge on any atom is -0.357 e.